The summed E-state index contributed by atoms with van der Waals surface area (Å²) in [5.41, 5.74) is 2.43. The first-order valence-corrected chi connectivity index (χ1v) is 9.26. The van der Waals surface area contributed by atoms with E-state index in [2.05, 4.69) is 25.9 Å². The van der Waals surface area contributed by atoms with Crippen molar-refractivity contribution in [2.75, 3.05) is 5.32 Å². The molecule has 0 saturated heterocycles. The van der Waals surface area contributed by atoms with E-state index in [1.165, 1.54) is 0 Å². The number of carbonyl (C=O) groups is 1. The van der Waals surface area contributed by atoms with Crippen molar-refractivity contribution in [2.45, 2.75) is 46.7 Å². The average molecular weight is 374 g/mol. The van der Waals surface area contributed by atoms with E-state index < -0.39 is 0 Å². The van der Waals surface area contributed by atoms with Gasteiger partial charge in [0.15, 0.2) is 5.82 Å². The number of hydrogen-bond donors (Lipinski definition) is 2. The molecule has 0 aliphatic rings. The zero-order chi connectivity index (χ0) is 18.7. The lowest BCUT2D eigenvalue weighted by molar-refractivity contribution is 0.251. The SMILES string of the molecule is Cc1nn(C(C)C)c(C)c1NC(=O)NCc1noc(Cc2cccs2)n1. The molecule has 0 saturated carbocycles. The molecule has 0 spiro atoms. The number of carbonyl (C=O) groups excluding carboxylic acids is 1. The summed E-state index contributed by atoms with van der Waals surface area (Å²) in [5.74, 6) is 0.979. The first kappa shape index (κ1) is 18.1. The maximum atomic E-state index is 12.2. The van der Waals surface area contributed by atoms with Crippen LogP contribution in [0.3, 0.4) is 0 Å². The summed E-state index contributed by atoms with van der Waals surface area (Å²) in [4.78, 5) is 17.6. The lowest BCUT2D eigenvalue weighted by atomic mass is 10.3. The highest BCUT2D eigenvalue weighted by Gasteiger charge is 2.16. The number of hydrogen-bond acceptors (Lipinski definition) is 6. The molecular formula is C17H22N6O2S. The number of thiophene rings is 1. The second kappa shape index (κ2) is 7.69. The zero-order valence-corrected chi connectivity index (χ0v) is 16.1. The summed E-state index contributed by atoms with van der Waals surface area (Å²) in [6, 6.07) is 3.90. The minimum Gasteiger partial charge on any atom is -0.339 e. The third-order valence-electron chi connectivity index (χ3n) is 3.88. The minimum atomic E-state index is -0.330. The van der Waals surface area contributed by atoms with Gasteiger partial charge in [-0.2, -0.15) is 10.1 Å². The van der Waals surface area contributed by atoms with Gasteiger partial charge in [0.05, 0.1) is 30.0 Å². The Kier molecular flexibility index (Phi) is 5.36. The van der Waals surface area contributed by atoms with Gasteiger partial charge in [0.2, 0.25) is 5.89 Å². The number of rotatable bonds is 6. The summed E-state index contributed by atoms with van der Waals surface area (Å²) in [6.45, 7) is 8.10. The standard InChI is InChI=1S/C17H22N6O2S/c1-10(2)23-12(4)16(11(3)21-23)20-17(24)18-9-14-19-15(25-22-14)8-13-6-5-7-26-13/h5-7,10H,8-9H2,1-4H3,(H2,18,20,24). The molecule has 0 aliphatic carbocycles. The zero-order valence-electron chi connectivity index (χ0n) is 15.2. The van der Waals surface area contributed by atoms with Gasteiger partial charge in [-0.3, -0.25) is 4.68 Å². The van der Waals surface area contributed by atoms with Gasteiger partial charge in [0.1, 0.15) is 0 Å². The quantitative estimate of drug-likeness (QED) is 0.689. The maximum Gasteiger partial charge on any atom is 0.319 e. The first-order valence-electron chi connectivity index (χ1n) is 8.38. The summed E-state index contributed by atoms with van der Waals surface area (Å²) in [6.07, 6.45) is 0.601. The largest absolute Gasteiger partial charge is 0.339 e. The number of amides is 2. The molecule has 0 aromatic carbocycles. The van der Waals surface area contributed by atoms with Gasteiger partial charge in [-0.05, 0) is 39.1 Å². The topological polar surface area (TPSA) is 97.9 Å². The molecule has 3 heterocycles. The molecule has 3 rings (SSSR count). The Hall–Kier alpha value is -2.68. The van der Waals surface area contributed by atoms with Crippen molar-refractivity contribution in [1.82, 2.24) is 25.2 Å². The van der Waals surface area contributed by atoms with Gasteiger partial charge in [-0.1, -0.05) is 11.2 Å². The van der Waals surface area contributed by atoms with Crippen molar-refractivity contribution in [2.24, 2.45) is 0 Å². The van der Waals surface area contributed by atoms with Gasteiger partial charge in [-0.15, -0.1) is 11.3 Å². The number of aryl methyl sites for hydroxylation is 1. The molecule has 138 valence electrons. The van der Waals surface area contributed by atoms with Crippen LogP contribution < -0.4 is 10.6 Å². The Morgan fingerprint density at radius 3 is 2.85 bits per heavy atom. The molecule has 3 aromatic heterocycles. The molecule has 26 heavy (non-hydrogen) atoms. The van der Waals surface area contributed by atoms with E-state index in [0.717, 1.165) is 22.0 Å². The van der Waals surface area contributed by atoms with Crippen LogP contribution in [-0.2, 0) is 13.0 Å². The molecule has 0 unspecified atom stereocenters. The van der Waals surface area contributed by atoms with E-state index in [9.17, 15) is 4.79 Å². The van der Waals surface area contributed by atoms with Crippen LogP contribution >= 0.6 is 11.3 Å². The molecule has 0 radical (unpaired) electrons. The summed E-state index contributed by atoms with van der Waals surface area (Å²) < 4.78 is 7.11. The number of urea groups is 1. The Labute approximate surface area is 155 Å². The fourth-order valence-electron chi connectivity index (χ4n) is 2.66. The van der Waals surface area contributed by atoms with Crippen LogP contribution in [0.25, 0.3) is 0 Å². The van der Waals surface area contributed by atoms with E-state index in [0.29, 0.717) is 18.1 Å². The van der Waals surface area contributed by atoms with E-state index in [1.807, 2.05) is 49.9 Å². The fourth-order valence-corrected chi connectivity index (χ4v) is 3.36. The van der Waals surface area contributed by atoms with Crippen LogP contribution in [0.5, 0.6) is 0 Å². The highest BCUT2D eigenvalue weighted by atomic mass is 32.1. The van der Waals surface area contributed by atoms with Crippen molar-refractivity contribution in [3.8, 4) is 0 Å². The van der Waals surface area contributed by atoms with Gasteiger partial charge < -0.3 is 15.2 Å². The number of nitrogens with zero attached hydrogens (tertiary/aromatic N) is 4. The molecule has 0 atom stereocenters. The van der Waals surface area contributed by atoms with E-state index in [-0.39, 0.29) is 18.6 Å². The van der Waals surface area contributed by atoms with Crippen molar-refractivity contribution < 1.29 is 9.32 Å². The van der Waals surface area contributed by atoms with Gasteiger partial charge in [-0.25, -0.2) is 4.79 Å². The monoisotopic (exact) mass is 374 g/mol. The van der Waals surface area contributed by atoms with E-state index in [1.54, 1.807) is 11.3 Å². The highest BCUT2D eigenvalue weighted by Crippen LogP contribution is 2.22. The predicted octanol–water partition coefficient (Wildman–Crippen LogP) is 3.44. The molecule has 0 aliphatic heterocycles. The molecule has 2 amide bonds. The van der Waals surface area contributed by atoms with Crippen molar-refractivity contribution in [3.05, 3.63) is 45.5 Å². The van der Waals surface area contributed by atoms with Gasteiger partial charge in [0, 0.05) is 10.9 Å². The first-order chi connectivity index (χ1) is 12.4. The summed E-state index contributed by atoms with van der Waals surface area (Å²) >= 11 is 1.64. The average Bonchev–Trinajstić information content (AvgIpc) is 3.31. The van der Waals surface area contributed by atoms with Gasteiger partial charge in [0.25, 0.3) is 0 Å². The number of nitrogens with one attached hydrogen (secondary N) is 2. The highest BCUT2D eigenvalue weighted by molar-refractivity contribution is 7.09. The number of anilines is 1. The second-order valence-corrected chi connectivity index (χ2v) is 7.28. The van der Waals surface area contributed by atoms with Crippen molar-refractivity contribution >= 4 is 23.1 Å². The Balaban J connectivity index is 1.56. The normalized spacial score (nSPS) is 11.1. The lowest BCUT2D eigenvalue weighted by Gasteiger charge is -2.09. The van der Waals surface area contributed by atoms with Crippen molar-refractivity contribution in [1.29, 1.82) is 0 Å². The molecule has 9 heteroatoms. The third kappa shape index (κ3) is 4.10. The third-order valence-corrected chi connectivity index (χ3v) is 4.75. The second-order valence-electron chi connectivity index (χ2n) is 6.25. The number of aromatic nitrogens is 4. The molecule has 0 fully saturated rings. The smallest absolute Gasteiger partial charge is 0.319 e. The summed E-state index contributed by atoms with van der Waals surface area (Å²) in [7, 11) is 0. The Morgan fingerprint density at radius 2 is 2.19 bits per heavy atom. The van der Waals surface area contributed by atoms with Crippen LogP contribution in [-0.4, -0.2) is 26.0 Å². The summed E-state index contributed by atoms with van der Waals surface area (Å²) in [5, 5.41) is 15.9. The van der Waals surface area contributed by atoms with Crippen LogP contribution in [0.15, 0.2) is 22.0 Å². The lowest BCUT2D eigenvalue weighted by Crippen LogP contribution is -2.29. The fraction of sp³-hybridized carbons (Fsp3) is 0.412. The molecular weight excluding hydrogens is 352 g/mol. The van der Waals surface area contributed by atoms with Gasteiger partial charge >= 0.3 is 6.03 Å². The molecule has 2 N–H and O–H groups in total. The molecule has 3 aromatic rings. The Morgan fingerprint density at radius 1 is 1.38 bits per heavy atom. The molecule has 0 bridgehead atoms. The van der Waals surface area contributed by atoms with Crippen LogP contribution in [0.1, 0.15) is 47.9 Å². The molecule has 8 nitrogen and oxygen atoms in total. The van der Waals surface area contributed by atoms with E-state index >= 15 is 0 Å². The van der Waals surface area contributed by atoms with Crippen LogP contribution in [0.2, 0.25) is 0 Å². The minimum absolute atomic E-state index is 0.191. The van der Waals surface area contributed by atoms with Crippen LogP contribution in [0, 0.1) is 13.8 Å². The van der Waals surface area contributed by atoms with Crippen LogP contribution in [0.4, 0.5) is 10.5 Å². The predicted molar refractivity (Wildman–Crippen MR) is 99.4 cm³/mol. The van der Waals surface area contributed by atoms with Crippen molar-refractivity contribution in [3.63, 3.8) is 0 Å². The maximum absolute atomic E-state index is 12.2. The van der Waals surface area contributed by atoms with E-state index in [4.69, 9.17) is 4.52 Å². The Bertz CT molecular complexity index is 881.